The fraction of sp³-hybridized carbons (Fsp3) is 0.611. The van der Waals surface area contributed by atoms with Crippen molar-refractivity contribution in [2.24, 2.45) is 0 Å². The van der Waals surface area contributed by atoms with Crippen molar-refractivity contribution in [3.8, 4) is 0 Å². The van der Waals surface area contributed by atoms with Gasteiger partial charge in [0.2, 0.25) is 0 Å². The van der Waals surface area contributed by atoms with Gasteiger partial charge in [-0.1, -0.05) is 30.3 Å². The first-order valence-electron chi connectivity index (χ1n) is 9.07. The molecule has 9 nitrogen and oxygen atoms in total. The Morgan fingerprint density at radius 1 is 1.18 bits per heavy atom. The number of rotatable bonds is 4. The molecule has 3 saturated heterocycles. The Morgan fingerprint density at radius 3 is 2.14 bits per heavy atom. The summed E-state index contributed by atoms with van der Waals surface area (Å²) in [4.78, 5) is 12.5. The number of piperidine rings is 1. The second-order valence-electron chi connectivity index (χ2n) is 7.95. The number of epoxide rings is 1. The number of hydrogen-bond donors (Lipinski definition) is 3. The molecule has 1 aromatic rings. The molecule has 1 aromatic carbocycles. The van der Waals surface area contributed by atoms with Crippen LogP contribution in [0.4, 0.5) is 0 Å². The molecule has 10 heteroatoms. The molecule has 0 radical (unpaired) electrons. The van der Waals surface area contributed by atoms with Gasteiger partial charge in [-0.05, 0) is 5.56 Å². The van der Waals surface area contributed by atoms with E-state index in [0.717, 1.165) is 22.9 Å². The van der Waals surface area contributed by atoms with Crippen molar-refractivity contribution in [1.29, 1.82) is 0 Å². The summed E-state index contributed by atoms with van der Waals surface area (Å²) in [6, 6.07) is 10.2. The van der Waals surface area contributed by atoms with Crippen LogP contribution in [0.3, 0.4) is 0 Å². The molecule has 0 aliphatic carbocycles. The maximum absolute atomic E-state index is 12.5. The number of carbonyl (C=O) groups is 1. The van der Waals surface area contributed by atoms with E-state index in [1.165, 1.54) is 0 Å². The number of esters is 1. The highest BCUT2D eigenvalue weighted by Crippen LogP contribution is 2.51. The molecule has 5 atom stereocenters. The number of nitrogens with zero attached hydrogens (tertiary/aromatic N) is 1. The van der Waals surface area contributed by atoms with Gasteiger partial charge in [-0.15, -0.1) is 0 Å². The molecule has 3 heterocycles. The van der Waals surface area contributed by atoms with Gasteiger partial charge in [0.1, 0.15) is 36.3 Å². The molecule has 3 aliphatic heterocycles. The van der Waals surface area contributed by atoms with Crippen LogP contribution in [0, 0.1) is 0 Å². The highest BCUT2D eigenvalue weighted by molar-refractivity contribution is 7.79. The number of likely N-dealkylation sites (N-methyl/N-ethyl adjacent to an activating group) is 1. The number of aliphatic hydroxyl groups is 1. The van der Waals surface area contributed by atoms with Crippen LogP contribution < -0.4 is 0 Å². The van der Waals surface area contributed by atoms with E-state index in [1.54, 1.807) is 0 Å². The smallest absolute Gasteiger partial charge is 0.394 e. The molecule has 0 spiro atoms. The molecule has 28 heavy (non-hydrogen) atoms. The van der Waals surface area contributed by atoms with E-state index in [0.29, 0.717) is 24.3 Å². The maximum Gasteiger partial charge on any atom is 0.394 e. The quantitative estimate of drug-likeness (QED) is 0.278. The highest BCUT2D eigenvalue weighted by atomic mass is 32.3. The third-order valence-electron chi connectivity index (χ3n) is 5.99. The topological polar surface area (TPSA) is 134 Å². The molecule has 3 fully saturated rings. The van der Waals surface area contributed by atoms with Crippen LogP contribution in [0.2, 0.25) is 0 Å². The second kappa shape index (κ2) is 7.69. The van der Waals surface area contributed by atoms with E-state index in [-0.39, 0.29) is 18.7 Å². The number of quaternary nitrogens is 1. The Labute approximate surface area is 164 Å². The lowest BCUT2D eigenvalue weighted by molar-refractivity contribution is -0.938. The number of morpholine rings is 1. The van der Waals surface area contributed by atoms with E-state index < -0.39 is 16.3 Å². The fourth-order valence-corrected chi connectivity index (χ4v) is 4.55. The largest absolute Gasteiger partial charge is 0.461 e. The summed E-state index contributed by atoms with van der Waals surface area (Å²) in [6.07, 6.45) is 2.34. The van der Waals surface area contributed by atoms with Gasteiger partial charge in [0.25, 0.3) is 0 Å². The number of benzene rings is 1. The minimum atomic E-state index is -4.67. The predicted molar refractivity (Wildman–Crippen MR) is 97.9 cm³/mol. The van der Waals surface area contributed by atoms with Crippen LogP contribution in [0.25, 0.3) is 0 Å². The molecule has 5 unspecified atom stereocenters. The predicted octanol–water partition coefficient (Wildman–Crippen LogP) is 0.410. The summed E-state index contributed by atoms with van der Waals surface area (Å²) in [5.41, 5.74) is 0.807. The van der Waals surface area contributed by atoms with E-state index >= 15 is 0 Å². The Hall–Kier alpha value is -1.56. The number of hydrogen-bond acceptors (Lipinski definition) is 6. The van der Waals surface area contributed by atoms with Crippen LogP contribution in [0.15, 0.2) is 30.3 Å². The highest BCUT2D eigenvalue weighted by Gasteiger charge is 2.70. The van der Waals surface area contributed by atoms with Gasteiger partial charge in [-0.25, -0.2) is 0 Å². The Kier molecular flexibility index (Phi) is 5.81. The molecule has 156 valence electrons. The first-order chi connectivity index (χ1) is 13.0. The van der Waals surface area contributed by atoms with Crippen LogP contribution in [0.1, 0.15) is 24.3 Å². The summed E-state index contributed by atoms with van der Waals surface area (Å²) >= 11 is 0. The number of ether oxygens (including phenoxy) is 2. The van der Waals surface area contributed by atoms with E-state index in [9.17, 15) is 9.90 Å². The molecular weight excluding hydrogens is 390 g/mol. The zero-order valence-electron chi connectivity index (χ0n) is 15.7. The third kappa shape index (κ3) is 4.53. The van der Waals surface area contributed by atoms with Gasteiger partial charge >= 0.3 is 16.4 Å². The zero-order valence-corrected chi connectivity index (χ0v) is 16.5. The summed E-state index contributed by atoms with van der Waals surface area (Å²) in [7, 11) is -0.160. The Morgan fingerprint density at radius 2 is 1.68 bits per heavy atom. The minimum absolute atomic E-state index is 0.0576. The molecule has 4 rings (SSSR count). The van der Waals surface area contributed by atoms with Gasteiger partial charge in [0, 0.05) is 12.8 Å². The lowest BCUT2D eigenvalue weighted by atomic mass is 9.95. The van der Waals surface area contributed by atoms with E-state index in [2.05, 4.69) is 14.1 Å². The fourth-order valence-electron chi connectivity index (χ4n) is 4.55. The van der Waals surface area contributed by atoms with E-state index in [1.807, 2.05) is 30.3 Å². The van der Waals surface area contributed by atoms with Crippen molar-refractivity contribution in [2.45, 2.75) is 49.2 Å². The van der Waals surface area contributed by atoms with Crippen molar-refractivity contribution in [3.63, 3.8) is 0 Å². The Balaban J connectivity index is 0.000000403. The molecule has 0 amide bonds. The maximum atomic E-state index is 12.5. The zero-order chi connectivity index (χ0) is 20.7. The number of aliphatic hydroxyl groups excluding tert-OH is 1. The number of fused-ring (bicyclic) bond motifs is 5. The van der Waals surface area contributed by atoms with Gasteiger partial charge in [-0.2, -0.15) is 8.42 Å². The molecule has 3 N–H and O–H groups in total. The SMILES string of the molecule is C[N+]1(C)C2CC(OC(=O)C(CO)c3ccccc3)CC1C1OC12.O=S(=O)(O)O. The van der Waals surface area contributed by atoms with Crippen LogP contribution >= 0.6 is 0 Å². The molecule has 2 bridgehead atoms. The van der Waals surface area contributed by atoms with Crippen LogP contribution in [-0.2, 0) is 24.7 Å². The average Bonchev–Trinajstić information content (AvgIpc) is 3.33. The molecule has 0 aromatic heterocycles. The Bertz CT molecular complexity index is 784. The van der Waals surface area contributed by atoms with Crippen LogP contribution in [-0.4, -0.2) is 84.2 Å². The van der Waals surface area contributed by atoms with Crippen molar-refractivity contribution < 1.29 is 41.4 Å². The van der Waals surface area contributed by atoms with Gasteiger partial charge in [0.15, 0.2) is 0 Å². The second-order valence-corrected chi connectivity index (χ2v) is 8.85. The normalized spacial score (nSPS) is 33.1. The first kappa shape index (κ1) is 21.2. The van der Waals surface area contributed by atoms with Gasteiger partial charge < -0.3 is 19.1 Å². The van der Waals surface area contributed by atoms with Crippen molar-refractivity contribution >= 4 is 16.4 Å². The average molecular weight is 416 g/mol. The summed E-state index contributed by atoms with van der Waals surface area (Å²) < 4.78 is 44.1. The van der Waals surface area contributed by atoms with Crippen molar-refractivity contribution in [3.05, 3.63) is 35.9 Å². The molecular formula is C18H26NO8S+. The lowest BCUT2D eigenvalue weighted by Crippen LogP contribution is -2.60. The third-order valence-corrected chi connectivity index (χ3v) is 5.99. The summed E-state index contributed by atoms with van der Waals surface area (Å²) in [5, 5.41) is 9.60. The lowest BCUT2D eigenvalue weighted by Gasteiger charge is -2.45. The van der Waals surface area contributed by atoms with Crippen molar-refractivity contribution in [2.75, 3.05) is 20.7 Å². The van der Waals surface area contributed by atoms with Gasteiger partial charge in [0.05, 0.1) is 20.7 Å². The standard InChI is InChI=1S/C18H24NO4.H2O4S/c1-19(2)14-8-12(9-15(19)17-16(14)23-17)22-18(21)13(10-20)11-6-4-3-5-7-11;1-5(2,3)4/h3-7,12-17,20H,8-10H2,1-2H3;(H2,1,2,3,4)/q+1;. The van der Waals surface area contributed by atoms with Crippen molar-refractivity contribution in [1.82, 2.24) is 0 Å². The molecule has 0 saturated carbocycles. The van der Waals surface area contributed by atoms with E-state index in [4.69, 9.17) is 27.0 Å². The number of carbonyl (C=O) groups excluding carboxylic acids is 1. The first-order valence-corrected chi connectivity index (χ1v) is 10.5. The molecule has 3 aliphatic rings. The monoisotopic (exact) mass is 416 g/mol. The minimum Gasteiger partial charge on any atom is -0.461 e. The summed E-state index contributed by atoms with van der Waals surface area (Å²) in [5.74, 6) is -0.908. The van der Waals surface area contributed by atoms with Gasteiger partial charge in [-0.3, -0.25) is 13.9 Å². The summed E-state index contributed by atoms with van der Waals surface area (Å²) in [6.45, 7) is -0.224. The van der Waals surface area contributed by atoms with Crippen LogP contribution in [0.5, 0.6) is 0 Å².